The summed E-state index contributed by atoms with van der Waals surface area (Å²) in [6.45, 7) is 8.53. The number of nitrogens with zero attached hydrogens (tertiary/aromatic N) is 3. The lowest BCUT2D eigenvalue weighted by atomic mass is 10.0. The largest absolute Gasteiger partial charge is 0.462 e. The van der Waals surface area contributed by atoms with E-state index in [4.69, 9.17) is 16.3 Å². The van der Waals surface area contributed by atoms with E-state index in [-0.39, 0.29) is 23.5 Å². The molecule has 3 aromatic rings. The highest BCUT2D eigenvalue weighted by molar-refractivity contribution is 7.99. The number of carbonyl (C=O) groups is 3. The second kappa shape index (κ2) is 13.3. The summed E-state index contributed by atoms with van der Waals surface area (Å²) in [7, 11) is 0. The predicted octanol–water partition coefficient (Wildman–Crippen LogP) is 4.99. The van der Waals surface area contributed by atoms with Gasteiger partial charge in [-0.2, -0.15) is 0 Å². The van der Waals surface area contributed by atoms with Crippen LogP contribution in [0, 0.1) is 5.92 Å². The molecule has 0 unspecified atom stereocenters. The van der Waals surface area contributed by atoms with E-state index in [1.54, 1.807) is 55.5 Å². The van der Waals surface area contributed by atoms with Crippen molar-refractivity contribution in [2.45, 2.75) is 45.4 Å². The van der Waals surface area contributed by atoms with E-state index < -0.39 is 12.0 Å². The molecule has 0 saturated heterocycles. The van der Waals surface area contributed by atoms with Gasteiger partial charge in [0.15, 0.2) is 11.0 Å². The molecule has 2 N–H and O–H groups in total. The van der Waals surface area contributed by atoms with Crippen LogP contribution < -0.4 is 10.6 Å². The lowest BCUT2D eigenvalue weighted by Crippen LogP contribution is -2.34. The van der Waals surface area contributed by atoms with Gasteiger partial charge >= 0.3 is 5.97 Å². The van der Waals surface area contributed by atoms with Crippen molar-refractivity contribution in [3.63, 3.8) is 0 Å². The third-order valence-electron chi connectivity index (χ3n) is 5.42. The van der Waals surface area contributed by atoms with Gasteiger partial charge in [0.2, 0.25) is 5.91 Å². The molecule has 0 aliphatic rings. The summed E-state index contributed by atoms with van der Waals surface area (Å²) < 4.78 is 6.86. The Morgan fingerprint density at radius 2 is 1.76 bits per heavy atom. The SMILES string of the molecule is CCOC(=O)c1ccc(NC(=O)CSc2nnc([C@@H](NC(=O)c3ccccc3Cl)C(C)C)n2CC)cc1. The average Bonchev–Trinajstić information content (AvgIpc) is 3.29. The number of thioether (sulfide) groups is 1. The maximum atomic E-state index is 12.9. The molecule has 0 bridgehead atoms. The molecule has 37 heavy (non-hydrogen) atoms. The van der Waals surface area contributed by atoms with E-state index in [9.17, 15) is 14.4 Å². The Balaban J connectivity index is 1.66. The number of anilines is 1. The maximum Gasteiger partial charge on any atom is 0.338 e. The Bertz CT molecular complexity index is 1250. The van der Waals surface area contributed by atoms with Gasteiger partial charge in [-0.3, -0.25) is 9.59 Å². The van der Waals surface area contributed by atoms with Gasteiger partial charge in [-0.15, -0.1) is 10.2 Å². The second-order valence-electron chi connectivity index (χ2n) is 8.39. The molecule has 0 fully saturated rings. The number of amides is 2. The topological polar surface area (TPSA) is 115 Å². The number of nitrogens with one attached hydrogen (secondary N) is 2. The van der Waals surface area contributed by atoms with Gasteiger partial charge in [-0.25, -0.2) is 4.79 Å². The summed E-state index contributed by atoms with van der Waals surface area (Å²) in [5.74, 6) is -0.190. The molecular weight excluding hydrogens is 514 g/mol. The first kappa shape index (κ1) is 28.2. The highest BCUT2D eigenvalue weighted by Crippen LogP contribution is 2.26. The smallest absolute Gasteiger partial charge is 0.338 e. The standard InChI is InChI=1S/C26H30ClN5O4S/c1-5-32-23(22(16(3)4)29-24(34)19-9-7-8-10-20(19)27)30-31-26(32)37-15-21(33)28-18-13-11-17(12-14-18)25(35)36-6-2/h7-14,16,22H,5-6,15H2,1-4H3,(H,28,33)(H,29,34)/t22-/m0/s1. The van der Waals surface area contributed by atoms with E-state index in [2.05, 4.69) is 20.8 Å². The number of hydrogen-bond acceptors (Lipinski definition) is 7. The van der Waals surface area contributed by atoms with Crippen molar-refractivity contribution in [1.29, 1.82) is 0 Å². The zero-order chi connectivity index (χ0) is 26.9. The Morgan fingerprint density at radius 3 is 2.38 bits per heavy atom. The molecular formula is C26H30ClN5O4S. The van der Waals surface area contributed by atoms with Crippen LogP contribution in [-0.2, 0) is 16.1 Å². The number of ether oxygens (including phenoxy) is 1. The van der Waals surface area contributed by atoms with Crippen molar-refractivity contribution in [2.24, 2.45) is 5.92 Å². The first-order chi connectivity index (χ1) is 17.7. The quantitative estimate of drug-likeness (QED) is 0.259. The summed E-state index contributed by atoms with van der Waals surface area (Å²) in [6, 6.07) is 13.0. The van der Waals surface area contributed by atoms with Crippen molar-refractivity contribution in [3.05, 3.63) is 70.5 Å². The Hall–Kier alpha value is -3.37. The predicted molar refractivity (Wildman–Crippen MR) is 144 cm³/mol. The monoisotopic (exact) mass is 543 g/mol. The minimum Gasteiger partial charge on any atom is -0.462 e. The lowest BCUT2D eigenvalue weighted by Gasteiger charge is -2.22. The Labute approximate surface area is 225 Å². The molecule has 0 aliphatic carbocycles. The number of benzene rings is 2. The number of hydrogen-bond donors (Lipinski definition) is 2. The molecule has 1 aromatic heterocycles. The van der Waals surface area contributed by atoms with Crippen LogP contribution in [0.2, 0.25) is 5.02 Å². The van der Waals surface area contributed by atoms with Crippen LogP contribution in [-0.4, -0.2) is 44.9 Å². The van der Waals surface area contributed by atoms with Crippen molar-refractivity contribution >= 4 is 46.8 Å². The number of carbonyl (C=O) groups excluding carboxylic acids is 3. The van der Waals surface area contributed by atoms with Gasteiger partial charge in [0.1, 0.15) is 0 Å². The number of esters is 1. The van der Waals surface area contributed by atoms with Gasteiger partial charge in [0, 0.05) is 12.2 Å². The zero-order valence-corrected chi connectivity index (χ0v) is 22.7. The highest BCUT2D eigenvalue weighted by atomic mass is 35.5. The molecule has 0 saturated carbocycles. The normalized spacial score (nSPS) is 11.7. The Morgan fingerprint density at radius 1 is 1.05 bits per heavy atom. The van der Waals surface area contributed by atoms with Crippen LogP contribution >= 0.6 is 23.4 Å². The molecule has 1 atom stereocenters. The number of halogens is 1. The molecule has 0 aliphatic heterocycles. The molecule has 0 spiro atoms. The Kier molecular flexibility index (Phi) is 10.1. The van der Waals surface area contributed by atoms with Crippen LogP contribution in [0.3, 0.4) is 0 Å². The van der Waals surface area contributed by atoms with Gasteiger partial charge in [0.25, 0.3) is 5.91 Å². The van der Waals surface area contributed by atoms with Gasteiger partial charge < -0.3 is 19.9 Å². The zero-order valence-electron chi connectivity index (χ0n) is 21.2. The fourth-order valence-electron chi connectivity index (χ4n) is 3.56. The summed E-state index contributed by atoms with van der Waals surface area (Å²) in [6.07, 6.45) is 0. The van der Waals surface area contributed by atoms with Crippen molar-refractivity contribution < 1.29 is 19.1 Å². The minimum absolute atomic E-state index is 0.0275. The fourth-order valence-corrected chi connectivity index (χ4v) is 4.59. The first-order valence-corrected chi connectivity index (χ1v) is 13.3. The van der Waals surface area contributed by atoms with Crippen LogP contribution in [0.1, 0.15) is 60.3 Å². The first-order valence-electron chi connectivity index (χ1n) is 11.9. The van der Waals surface area contributed by atoms with Crippen molar-refractivity contribution in [3.8, 4) is 0 Å². The molecule has 0 radical (unpaired) electrons. The summed E-state index contributed by atoms with van der Waals surface area (Å²) in [5, 5.41) is 15.4. The molecule has 1 heterocycles. The maximum absolute atomic E-state index is 12.9. The van der Waals surface area contributed by atoms with Gasteiger partial charge in [-0.1, -0.05) is 49.3 Å². The fraction of sp³-hybridized carbons (Fsp3) is 0.346. The van der Waals surface area contributed by atoms with Gasteiger partial charge in [0.05, 0.1) is 34.6 Å². The minimum atomic E-state index is -0.409. The third kappa shape index (κ3) is 7.33. The molecule has 11 heteroatoms. The van der Waals surface area contributed by atoms with E-state index in [0.717, 1.165) is 0 Å². The van der Waals surface area contributed by atoms with E-state index in [1.807, 2.05) is 25.3 Å². The second-order valence-corrected chi connectivity index (χ2v) is 9.74. The summed E-state index contributed by atoms with van der Waals surface area (Å²) in [4.78, 5) is 37.2. The van der Waals surface area contributed by atoms with Gasteiger partial charge in [-0.05, 0) is 56.2 Å². The lowest BCUT2D eigenvalue weighted by molar-refractivity contribution is -0.113. The number of aromatic nitrogens is 3. The molecule has 2 aromatic carbocycles. The van der Waals surface area contributed by atoms with Crippen molar-refractivity contribution in [1.82, 2.24) is 20.1 Å². The van der Waals surface area contributed by atoms with Crippen molar-refractivity contribution in [2.75, 3.05) is 17.7 Å². The summed E-state index contributed by atoms with van der Waals surface area (Å²) in [5.41, 5.74) is 1.37. The van der Waals surface area contributed by atoms with Crippen LogP contribution in [0.15, 0.2) is 53.7 Å². The van der Waals surface area contributed by atoms with E-state index in [0.29, 0.717) is 46.0 Å². The van der Waals surface area contributed by atoms with E-state index in [1.165, 1.54) is 11.8 Å². The summed E-state index contributed by atoms with van der Waals surface area (Å²) >= 11 is 7.45. The van der Waals surface area contributed by atoms with Crippen LogP contribution in [0.4, 0.5) is 5.69 Å². The van der Waals surface area contributed by atoms with Crippen LogP contribution in [0.5, 0.6) is 0 Å². The highest BCUT2D eigenvalue weighted by Gasteiger charge is 2.26. The third-order valence-corrected chi connectivity index (χ3v) is 6.72. The van der Waals surface area contributed by atoms with Crippen LogP contribution in [0.25, 0.3) is 0 Å². The molecule has 9 nitrogen and oxygen atoms in total. The molecule has 2 amide bonds. The molecule has 196 valence electrons. The number of rotatable bonds is 11. The average molecular weight is 544 g/mol. The van der Waals surface area contributed by atoms with E-state index >= 15 is 0 Å². The molecule has 3 rings (SSSR count).